The van der Waals surface area contributed by atoms with E-state index in [-0.39, 0.29) is 0 Å². The molecule has 0 saturated carbocycles. The lowest BCUT2D eigenvalue weighted by atomic mass is 10.3. The summed E-state index contributed by atoms with van der Waals surface area (Å²) in [5.74, 6) is 0.906. The number of para-hydroxylation sites is 1. The van der Waals surface area contributed by atoms with E-state index in [1.165, 1.54) is 4.57 Å². The molecule has 6 heteroatoms. The minimum atomic E-state index is -0.804. The molecular weight excluding hydrogens is 234 g/mol. The molecule has 0 fully saturated rings. The summed E-state index contributed by atoms with van der Waals surface area (Å²) in [6, 6.07) is 8.54. The van der Waals surface area contributed by atoms with E-state index in [9.17, 15) is 9.59 Å². The van der Waals surface area contributed by atoms with Crippen LogP contribution in [0.5, 0.6) is 5.75 Å². The maximum atomic E-state index is 11.8. The Balaban J connectivity index is 2.27. The third-order valence-corrected chi connectivity index (χ3v) is 2.51. The second kappa shape index (κ2) is 4.87. The third kappa shape index (κ3) is 2.17. The summed E-state index contributed by atoms with van der Waals surface area (Å²) in [7, 11) is 1.57. The number of carbonyl (C=O) groups is 1. The van der Waals surface area contributed by atoms with Crippen molar-refractivity contribution in [2.45, 2.75) is 13.3 Å². The first kappa shape index (κ1) is 12.1. The number of nitrogens with zero attached hydrogens (tertiary/aromatic N) is 3. The van der Waals surface area contributed by atoms with Crippen molar-refractivity contribution >= 4 is 6.09 Å². The van der Waals surface area contributed by atoms with Crippen LogP contribution in [0.4, 0.5) is 4.79 Å². The molecule has 0 unspecified atom stereocenters. The summed E-state index contributed by atoms with van der Waals surface area (Å²) in [4.78, 5) is 23.5. The van der Waals surface area contributed by atoms with Crippen LogP contribution in [-0.2, 0) is 13.5 Å². The largest absolute Gasteiger partial charge is 0.444 e. The summed E-state index contributed by atoms with van der Waals surface area (Å²) in [6.07, 6.45) is -0.237. The Hall–Kier alpha value is -2.37. The number of aromatic nitrogens is 3. The van der Waals surface area contributed by atoms with Crippen molar-refractivity contribution in [2.75, 3.05) is 0 Å². The molecule has 18 heavy (non-hydrogen) atoms. The fraction of sp³-hybridized carbons (Fsp3) is 0.250. The van der Waals surface area contributed by atoms with Crippen LogP contribution in [0.3, 0.4) is 0 Å². The lowest BCUT2D eigenvalue weighted by molar-refractivity contribution is 0.197. The molecule has 0 atom stereocenters. The highest BCUT2D eigenvalue weighted by Gasteiger charge is 2.16. The summed E-state index contributed by atoms with van der Waals surface area (Å²) in [6.45, 7) is 1.86. The first-order chi connectivity index (χ1) is 8.63. The molecule has 0 N–H and O–H groups in total. The van der Waals surface area contributed by atoms with Crippen LogP contribution in [0.1, 0.15) is 12.7 Å². The van der Waals surface area contributed by atoms with E-state index < -0.39 is 11.8 Å². The van der Waals surface area contributed by atoms with Gasteiger partial charge in [-0.25, -0.2) is 9.59 Å². The zero-order chi connectivity index (χ0) is 13.1. The number of ether oxygens (including phenoxy) is 1. The Morgan fingerprint density at radius 3 is 2.56 bits per heavy atom. The van der Waals surface area contributed by atoms with Gasteiger partial charge in [0.25, 0.3) is 0 Å². The topological polar surface area (TPSA) is 66.1 Å². The third-order valence-electron chi connectivity index (χ3n) is 2.51. The predicted octanol–water partition coefficient (Wildman–Crippen LogP) is 1.19. The number of hydrogen-bond donors (Lipinski definition) is 0. The maximum Gasteiger partial charge on any atom is 0.444 e. The van der Waals surface area contributed by atoms with Gasteiger partial charge in [0.15, 0.2) is 0 Å². The van der Waals surface area contributed by atoms with Gasteiger partial charge in [0.05, 0.1) is 0 Å². The molecule has 1 aromatic heterocycles. The smallest absolute Gasteiger partial charge is 0.409 e. The number of aryl methyl sites for hydroxylation is 1. The maximum absolute atomic E-state index is 11.8. The van der Waals surface area contributed by atoms with Gasteiger partial charge in [-0.15, -0.1) is 9.78 Å². The molecule has 0 aliphatic rings. The van der Waals surface area contributed by atoms with Crippen LogP contribution in [-0.4, -0.2) is 20.4 Å². The van der Waals surface area contributed by atoms with Crippen molar-refractivity contribution in [2.24, 2.45) is 7.05 Å². The average Bonchev–Trinajstić information content (AvgIpc) is 2.67. The van der Waals surface area contributed by atoms with E-state index >= 15 is 0 Å². The second-order valence-corrected chi connectivity index (χ2v) is 3.70. The molecule has 2 rings (SSSR count). The molecular formula is C12H13N3O3. The van der Waals surface area contributed by atoms with Crippen molar-refractivity contribution in [3.8, 4) is 5.75 Å². The molecule has 1 aromatic carbocycles. The monoisotopic (exact) mass is 247 g/mol. The van der Waals surface area contributed by atoms with Crippen molar-refractivity contribution in [1.82, 2.24) is 14.3 Å². The van der Waals surface area contributed by atoms with Gasteiger partial charge in [0.2, 0.25) is 0 Å². The molecule has 0 aliphatic heterocycles. The van der Waals surface area contributed by atoms with E-state index in [0.717, 1.165) is 4.68 Å². The van der Waals surface area contributed by atoms with Gasteiger partial charge in [-0.2, -0.15) is 0 Å². The van der Waals surface area contributed by atoms with Gasteiger partial charge in [0.1, 0.15) is 11.6 Å². The Bertz CT molecular complexity index is 613. The van der Waals surface area contributed by atoms with Gasteiger partial charge >= 0.3 is 11.8 Å². The Kier molecular flexibility index (Phi) is 3.27. The van der Waals surface area contributed by atoms with Gasteiger partial charge < -0.3 is 4.74 Å². The fourth-order valence-electron chi connectivity index (χ4n) is 1.54. The summed E-state index contributed by atoms with van der Waals surface area (Å²) < 4.78 is 7.10. The summed E-state index contributed by atoms with van der Waals surface area (Å²) in [5, 5.41) is 3.92. The van der Waals surface area contributed by atoms with Gasteiger partial charge in [-0.3, -0.25) is 4.57 Å². The quantitative estimate of drug-likeness (QED) is 0.799. The Morgan fingerprint density at radius 1 is 1.33 bits per heavy atom. The standard InChI is InChI=1S/C12H13N3O3/c1-3-10-13-15(11(16)14(10)2)12(17)18-9-7-5-4-6-8-9/h4-8H,3H2,1-2H3. The van der Waals surface area contributed by atoms with E-state index in [2.05, 4.69) is 5.10 Å². The summed E-state index contributed by atoms with van der Waals surface area (Å²) in [5.41, 5.74) is -0.507. The van der Waals surface area contributed by atoms with Crippen molar-refractivity contribution in [3.63, 3.8) is 0 Å². The highest BCUT2D eigenvalue weighted by Crippen LogP contribution is 2.08. The predicted molar refractivity (Wildman–Crippen MR) is 64.7 cm³/mol. The molecule has 0 amide bonds. The highest BCUT2D eigenvalue weighted by molar-refractivity contribution is 5.71. The zero-order valence-electron chi connectivity index (χ0n) is 10.2. The Labute approximate surface area is 103 Å². The fourth-order valence-corrected chi connectivity index (χ4v) is 1.54. The number of hydrogen-bond acceptors (Lipinski definition) is 4. The number of benzene rings is 1. The van der Waals surface area contributed by atoms with Crippen LogP contribution >= 0.6 is 0 Å². The van der Waals surface area contributed by atoms with Gasteiger partial charge in [-0.05, 0) is 12.1 Å². The molecule has 0 aliphatic carbocycles. The SMILES string of the molecule is CCc1nn(C(=O)Oc2ccccc2)c(=O)n1C. The van der Waals surface area contributed by atoms with Crippen LogP contribution in [0.15, 0.2) is 35.1 Å². The molecule has 2 aromatic rings. The molecule has 0 bridgehead atoms. The molecule has 94 valence electrons. The van der Waals surface area contributed by atoms with Crippen molar-refractivity contribution < 1.29 is 9.53 Å². The van der Waals surface area contributed by atoms with E-state index in [1.54, 1.807) is 37.4 Å². The molecule has 6 nitrogen and oxygen atoms in total. The minimum absolute atomic E-state index is 0.373. The number of rotatable bonds is 2. The van der Waals surface area contributed by atoms with E-state index in [0.29, 0.717) is 18.0 Å². The number of carbonyl (C=O) groups excluding carboxylic acids is 1. The molecule has 0 spiro atoms. The second-order valence-electron chi connectivity index (χ2n) is 3.70. The van der Waals surface area contributed by atoms with Crippen molar-refractivity contribution in [3.05, 3.63) is 46.6 Å². The first-order valence-corrected chi connectivity index (χ1v) is 5.55. The van der Waals surface area contributed by atoms with Gasteiger partial charge in [-0.1, -0.05) is 25.1 Å². The van der Waals surface area contributed by atoms with E-state index in [1.807, 2.05) is 6.92 Å². The first-order valence-electron chi connectivity index (χ1n) is 5.55. The van der Waals surface area contributed by atoms with Crippen LogP contribution in [0.2, 0.25) is 0 Å². The van der Waals surface area contributed by atoms with Crippen LogP contribution < -0.4 is 10.4 Å². The lowest BCUT2D eigenvalue weighted by Gasteiger charge is -2.01. The van der Waals surface area contributed by atoms with Crippen LogP contribution in [0, 0.1) is 0 Å². The molecule has 0 radical (unpaired) electrons. The van der Waals surface area contributed by atoms with Crippen molar-refractivity contribution in [1.29, 1.82) is 0 Å². The highest BCUT2D eigenvalue weighted by atomic mass is 16.6. The average molecular weight is 247 g/mol. The minimum Gasteiger partial charge on any atom is -0.409 e. The zero-order valence-corrected chi connectivity index (χ0v) is 10.2. The Morgan fingerprint density at radius 2 is 2.00 bits per heavy atom. The van der Waals surface area contributed by atoms with E-state index in [4.69, 9.17) is 4.74 Å². The normalized spacial score (nSPS) is 10.3. The van der Waals surface area contributed by atoms with Gasteiger partial charge in [0, 0.05) is 13.5 Å². The molecule has 1 heterocycles. The lowest BCUT2D eigenvalue weighted by Crippen LogP contribution is -2.31. The molecule has 0 saturated heterocycles. The van der Waals surface area contributed by atoms with Crippen LogP contribution in [0.25, 0.3) is 0 Å². The summed E-state index contributed by atoms with van der Waals surface area (Å²) >= 11 is 0.